The minimum atomic E-state index is -3.74. The van der Waals surface area contributed by atoms with Gasteiger partial charge in [0.1, 0.15) is 5.75 Å². The van der Waals surface area contributed by atoms with E-state index in [9.17, 15) is 13.2 Å². The SMILES string of the molecule is CCOc1ccc2nc(N(CC3CCCO3)C(=O)c3ccc(S(=O)(=O)N(CC)Cc4ccccc4)cc3)sc2c1. The molecule has 4 aromatic rings. The summed E-state index contributed by atoms with van der Waals surface area (Å²) in [7, 11) is -3.74. The second-order valence-corrected chi connectivity index (χ2v) is 12.5. The summed E-state index contributed by atoms with van der Waals surface area (Å²) in [6, 6.07) is 21.4. The third kappa shape index (κ3) is 6.20. The first-order valence-corrected chi connectivity index (χ1v) is 15.8. The molecule has 1 aromatic heterocycles. The van der Waals surface area contributed by atoms with E-state index in [4.69, 9.17) is 14.5 Å². The average Bonchev–Trinajstić information content (AvgIpc) is 3.64. The quantitative estimate of drug-likeness (QED) is 0.225. The monoisotopic (exact) mass is 579 g/mol. The molecule has 0 radical (unpaired) electrons. The summed E-state index contributed by atoms with van der Waals surface area (Å²) in [5.74, 6) is 0.507. The zero-order valence-corrected chi connectivity index (χ0v) is 24.3. The number of hydrogen-bond acceptors (Lipinski definition) is 7. The van der Waals surface area contributed by atoms with Crippen LogP contribution in [0.1, 0.15) is 42.6 Å². The summed E-state index contributed by atoms with van der Waals surface area (Å²) in [6.45, 7) is 5.97. The summed E-state index contributed by atoms with van der Waals surface area (Å²) in [5, 5.41) is 0.570. The number of ether oxygens (including phenoxy) is 2. The Morgan fingerprint density at radius 3 is 2.52 bits per heavy atom. The number of thiazole rings is 1. The Morgan fingerprint density at radius 1 is 1.07 bits per heavy atom. The smallest absolute Gasteiger partial charge is 0.260 e. The highest BCUT2D eigenvalue weighted by Gasteiger charge is 2.28. The predicted octanol–water partition coefficient (Wildman–Crippen LogP) is 5.73. The van der Waals surface area contributed by atoms with Crippen molar-refractivity contribution in [3.05, 3.63) is 83.9 Å². The fourth-order valence-corrected chi connectivity index (χ4v) is 7.17. The van der Waals surface area contributed by atoms with E-state index in [1.54, 1.807) is 17.0 Å². The number of amides is 1. The molecule has 1 saturated heterocycles. The van der Waals surface area contributed by atoms with E-state index >= 15 is 0 Å². The molecule has 0 bridgehead atoms. The van der Waals surface area contributed by atoms with E-state index in [2.05, 4.69) is 0 Å². The molecule has 1 aliphatic heterocycles. The van der Waals surface area contributed by atoms with Gasteiger partial charge in [-0.3, -0.25) is 9.69 Å². The molecular formula is C30H33N3O5S2. The Labute approximate surface area is 239 Å². The standard InChI is InChI=1S/C30H33N3O5S2/c1-3-32(20-22-9-6-5-7-10-22)40(35,36)26-15-12-23(13-16-26)29(34)33(21-25-11-8-18-38-25)30-31-27-17-14-24(37-4-2)19-28(27)39-30/h5-7,9-10,12-17,19,25H,3-4,8,11,18,20-21H2,1-2H3. The van der Waals surface area contributed by atoms with Crippen LogP contribution in [0.3, 0.4) is 0 Å². The first kappa shape index (κ1) is 28.2. The van der Waals surface area contributed by atoms with E-state index in [1.165, 1.54) is 27.8 Å². The van der Waals surface area contributed by atoms with E-state index in [0.29, 0.717) is 37.0 Å². The Bertz CT molecular complexity index is 1550. The zero-order chi connectivity index (χ0) is 28.1. The molecule has 8 nitrogen and oxygen atoms in total. The molecule has 0 saturated carbocycles. The summed E-state index contributed by atoms with van der Waals surface area (Å²) in [5.41, 5.74) is 2.08. The maximum atomic E-state index is 13.8. The molecule has 0 N–H and O–H groups in total. The first-order chi connectivity index (χ1) is 19.4. The van der Waals surface area contributed by atoms with Gasteiger partial charge in [-0.15, -0.1) is 0 Å². The fourth-order valence-electron chi connectivity index (χ4n) is 4.73. The fraction of sp³-hybridized carbons (Fsp3) is 0.333. The van der Waals surface area contributed by atoms with Crippen LogP contribution in [0.15, 0.2) is 77.7 Å². The molecule has 1 aliphatic rings. The van der Waals surface area contributed by atoms with Gasteiger partial charge in [-0.1, -0.05) is 48.6 Å². The lowest BCUT2D eigenvalue weighted by atomic mass is 10.2. The van der Waals surface area contributed by atoms with Gasteiger partial charge in [-0.2, -0.15) is 4.31 Å². The molecule has 10 heteroatoms. The molecule has 40 heavy (non-hydrogen) atoms. The normalized spacial score (nSPS) is 15.5. The van der Waals surface area contributed by atoms with Crippen LogP contribution in [0.5, 0.6) is 5.75 Å². The molecule has 0 aliphatic carbocycles. The Kier molecular flexibility index (Phi) is 8.80. The second kappa shape index (κ2) is 12.5. The van der Waals surface area contributed by atoms with Crippen molar-refractivity contribution >= 4 is 42.6 Å². The van der Waals surface area contributed by atoms with Crippen LogP contribution in [0, 0.1) is 0 Å². The summed E-state index contributed by atoms with van der Waals surface area (Å²) in [6.07, 6.45) is 1.74. The summed E-state index contributed by atoms with van der Waals surface area (Å²) in [4.78, 5) is 20.4. The van der Waals surface area contributed by atoms with Crippen molar-refractivity contribution in [2.45, 2.75) is 44.2 Å². The van der Waals surface area contributed by atoms with Gasteiger partial charge in [0.05, 0.1) is 34.4 Å². The van der Waals surface area contributed by atoms with Crippen molar-refractivity contribution in [1.82, 2.24) is 9.29 Å². The van der Waals surface area contributed by atoms with Gasteiger partial charge in [-0.05, 0) is 67.8 Å². The van der Waals surface area contributed by atoms with Crippen LogP contribution in [-0.2, 0) is 21.3 Å². The maximum Gasteiger partial charge on any atom is 0.260 e. The lowest BCUT2D eigenvalue weighted by Gasteiger charge is -2.23. The van der Waals surface area contributed by atoms with Crippen molar-refractivity contribution in [3.8, 4) is 5.75 Å². The summed E-state index contributed by atoms with van der Waals surface area (Å²) < 4.78 is 40.6. The van der Waals surface area contributed by atoms with Gasteiger partial charge in [-0.25, -0.2) is 13.4 Å². The number of hydrogen-bond donors (Lipinski definition) is 0. The molecule has 2 heterocycles. The van der Waals surface area contributed by atoms with E-state index in [-0.39, 0.29) is 23.5 Å². The molecule has 210 valence electrons. The van der Waals surface area contributed by atoms with Crippen molar-refractivity contribution in [2.24, 2.45) is 0 Å². The Balaban J connectivity index is 1.41. The molecule has 1 atom stereocenters. The molecule has 0 spiro atoms. The van der Waals surface area contributed by atoms with Gasteiger partial charge < -0.3 is 9.47 Å². The third-order valence-electron chi connectivity index (χ3n) is 6.84. The number of carbonyl (C=O) groups is 1. The first-order valence-electron chi connectivity index (χ1n) is 13.5. The van der Waals surface area contributed by atoms with Gasteiger partial charge >= 0.3 is 0 Å². The van der Waals surface area contributed by atoms with Crippen LogP contribution >= 0.6 is 11.3 Å². The summed E-state index contributed by atoms with van der Waals surface area (Å²) >= 11 is 1.42. The lowest BCUT2D eigenvalue weighted by molar-refractivity contribution is 0.0917. The second-order valence-electron chi connectivity index (χ2n) is 9.55. The highest BCUT2D eigenvalue weighted by atomic mass is 32.2. The van der Waals surface area contributed by atoms with Gasteiger partial charge in [0.25, 0.3) is 5.91 Å². The van der Waals surface area contributed by atoms with Crippen molar-refractivity contribution in [3.63, 3.8) is 0 Å². The maximum absolute atomic E-state index is 13.8. The number of benzene rings is 3. The minimum absolute atomic E-state index is 0.0781. The van der Waals surface area contributed by atoms with E-state index in [0.717, 1.165) is 34.4 Å². The van der Waals surface area contributed by atoms with Crippen LogP contribution in [0.25, 0.3) is 10.2 Å². The third-order valence-corrected chi connectivity index (χ3v) is 9.82. The number of carbonyl (C=O) groups excluding carboxylic acids is 1. The van der Waals surface area contributed by atoms with Crippen LogP contribution in [0.2, 0.25) is 0 Å². The van der Waals surface area contributed by atoms with Crippen LogP contribution < -0.4 is 9.64 Å². The average molecular weight is 580 g/mol. The van der Waals surface area contributed by atoms with Crippen LogP contribution in [-0.4, -0.2) is 56.0 Å². The highest BCUT2D eigenvalue weighted by Crippen LogP contribution is 2.33. The highest BCUT2D eigenvalue weighted by molar-refractivity contribution is 7.89. The molecular weight excluding hydrogens is 546 g/mol. The number of nitrogens with zero attached hydrogens (tertiary/aromatic N) is 3. The predicted molar refractivity (Wildman–Crippen MR) is 158 cm³/mol. The number of fused-ring (bicyclic) bond motifs is 1. The van der Waals surface area contributed by atoms with Gasteiger partial charge in [0.15, 0.2) is 5.13 Å². The number of aromatic nitrogens is 1. The van der Waals surface area contributed by atoms with Crippen molar-refractivity contribution in [2.75, 3.05) is 31.2 Å². The molecule has 1 unspecified atom stereocenters. The molecule has 1 fully saturated rings. The van der Waals surface area contributed by atoms with E-state index in [1.807, 2.05) is 62.4 Å². The van der Waals surface area contributed by atoms with E-state index < -0.39 is 10.0 Å². The van der Waals surface area contributed by atoms with Crippen LogP contribution in [0.4, 0.5) is 5.13 Å². The largest absolute Gasteiger partial charge is 0.494 e. The number of sulfonamides is 1. The van der Waals surface area contributed by atoms with Gasteiger partial charge in [0.2, 0.25) is 10.0 Å². The number of anilines is 1. The topological polar surface area (TPSA) is 89.0 Å². The lowest BCUT2D eigenvalue weighted by Crippen LogP contribution is -2.37. The van der Waals surface area contributed by atoms with Crippen molar-refractivity contribution in [1.29, 1.82) is 0 Å². The van der Waals surface area contributed by atoms with Gasteiger partial charge in [0, 0.05) is 25.3 Å². The zero-order valence-electron chi connectivity index (χ0n) is 22.7. The molecule has 3 aromatic carbocycles. The number of rotatable bonds is 11. The Hall–Kier alpha value is -3.31. The molecule has 5 rings (SSSR count). The Morgan fingerprint density at radius 2 is 1.85 bits per heavy atom. The molecule has 1 amide bonds. The minimum Gasteiger partial charge on any atom is -0.494 e. The van der Waals surface area contributed by atoms with Crippen molar-refractivity contribution < 1.29 is 22.7 Å².